The molecule has 0 bridgehead atoms. The first-order valence-corrected chi connectivity index (χ1v) is 5.54. The number of halogens is 1. The Morgan fingerprint density at radius 3 is 2.78 bits per heavy atom. The molecule has 0 amide bonds. The van der Waals surface area contributed by atoms with E-state index >= 15 is 0 Å². The molecule has 0 aliphatic heterocycles. The lowest BCUT2D eigenvalue weighted by Crippen LogP contribution is -2.06. The summed E-state index contributed by atoms with van der Waals surface area (Å²) in [6.07, 6.45) is 0. The zero-order chi connectivity index (χ0) is 13.1. The van der Waals surface area contributed by atoms with E-state index in [0.717, 1.165) is 5.56 Å². The van der Waals surface area contributed by atoms with E-state index in [-0.39, 0.29) is 18.4 Å². The highest BCUT2D eigenvalue weighted by Gasteiger charge is 2.10. The Morgan fingerprint density at radius 1 is 1.44 bits per heavy atom. The fourth-order valence-corrected chi connectivity index (χ4v) is 1.44. The number of nitrogens with zero attached hydrogens (tertiary/aromatic N) is 2. The quantitative estimate of drug-likeness (QED) is 0.900. The first-order valence-electron chi connectivity index (χ1n) is 5.54. The summed E-state index contributed by atoms with van der Waals surface area (Å²) in [5.74, 6) is -0.291. The van der Waals surface area contributed by atoms with E-state index in [9.17, 15) is 4.39 Å². The number of hydrogen-bond acceptors (Lipinski definition) is 5. The molecule has 0 aliphatic carbocycles. The Bertz CT molecular complexity index is 540. The average Bonchev–Trinajstić information content (AvgIpc) is 2.73. The summed E-state index contributed by atoms with van der Waals surface area (Å²) in [5.41, 5.74) is 7.56. The molecule has 0 unspecified atom stereocenters. The molecule has 6 heteroatoms. The molecule has 0 saturated heterocycles. The SMILES string of the molecule is Cc1nonc1COc1ccc([C@@H](C)N)cc1F. The van der Waals surface area contributed by atoms with E-state index in [4.69, 9.17) is 10.5 Å². The van der Waals surface area contributed by atoms with Crippen molar-refractivity contribution < 1.29 is 13.8 Å². The standard InChI is InChI=1S/C12H14FN3O2/c1-7(14)9-3-4-12(10(13)5-9)17-6-11-8(2)15-18-16-11/h3-5,7H,6,14H2,1-2H3/t7-/m1/s1. The van der Waals surface area contributed by atoms with Crippen molar-refractivity contribution in [3.05, 3.63) is 41.0 Å². The first-order chi connectivity index (χ1) is 8.58. The van der Waals surface area contributed by atoms with Gasteiger partial charge in [0.2, 0.25) is 0 Å². The van der Waals surface area contributed by atoms with Crippen molar-refractivity contribution >= 4 is 0 Å². The Kier molecular flexibility index (Phi) is 3.57. The fourth-order valence-electron chi connectivity index (χ4n) is 1.44. The lowest BCUT2D eigenvalue weighted by Gasteiger charge is -2.09. The van der Waals surface area contributed by atoms with Crippen LogP contribution in [0.3, 0.4) is 0 Å². The minimum absolute atomic E-state index is 0.115. The van der Waals surface area contributed by atoms with Crippen LogP contribution in [0.5, 0.6) is 5.75 Å². The van der Waals surface area contributed by atoms with Crippen LogP contribution in [-0.4, -0.2) is 10.3 Å². The van der Waals surface area contributed by atoms with Crippen molar-refractivity contribution in [2.24, 2.45) is 5.73 Å². The zero-order valence-corrected chi connectivity index (χ0v) is 10.2. The minimum Gasteiger partial charge on any atom is -0.484 e. The normalized spacial score (nSPS) is 12.4. The maximum atomic E-state index is 13.7. The van der Waals surface area contributed by atoms with E-state index in [1.165, 1.54) is 6.07 Å². The molecule has 2 aromatic rings. The third-order valence-corrected chi connectivity index (χ3v) is 2.59. The zero-order valence-electron chi connectivity index (χ0n) is 10.2. The van der Waals surface area contributed by atoms with Crippen molar-refractivity contribution in [3.8, 4) is 5.75 Å². The van der Waals surface area contributed by atoms with Crippen molar-refractivity contribution in [1.29, 1.82) is 0 Å². The topological polar surface area (TPSA) is 74.2 Å². The molecule has 2 N–H and O–H groups in total. The summed E-state index contributed by atoms with van der Waals surface area (Å²) in [6, 6.07) is 4.44. The van der Waals surface area contributed by atoms with Gasteiger partial charge in [0.25, 0.3) is 0 Å². The lowest BCUT2D eigenvalue weighted by atomic mass is 10.1. The predicted molar refractivity (Wildman–Crippen MR) is 62.4 cm³/mol. The third kappa shape index (κ3) is 2.65. The number of benzene rings is 1. The van der Waals surface area contributed by atoms with Gasteiger partial charge in [0.1, 0.15) is 18.0 Å². The van der Waals surface area contributed by atoms with Crippen LogP contribution in [0.2, 0.25) is 0 Å². The van der Waals surface area contributed by atoms with Crippen molar-refractivity contribution in [2.45, 2.75) is 26.5 Å². The highest BCUT2D eigenvalue weighted by Crippen LogP contribution is 2.22. The van der Waals surface area contributed by atoms with Gasteiger partial charge in [-0.1, -0.05) is 16.4 Å². The smallest absolute Gasteiger partial charge is 0.165 e. The van der Waals surface area contributed by atoms with E-state index in [0.29, 0.717) is 11.4 Å². The van der Waals surface area contributed by atoms with E-state index < -0.39 is 5.82 Å². The molecule has 0 saturated carbocycles. The van der Waals surface area contributed by atoms with Crippen LogP contribution in [-0.2, 0) is 6.61 Å². The van der Waals surface area contributed by atoms with Crippen LogP contribution in [0.15, 0.2) is 22.8 Å². The Hall–Kier alpha value is -1.95. The minimum atomic E-state index is -0.445. The Labute approximate surface area is 104 Å². The maximum absolute atomic E-state index is 13.7. The Balaban J connectivity index is 2.08. The molecule has 0 radical (unpaired) electrons. The van der Waals surface area contributed by atoms with Crippen LogP contribution in [0.25, 0.3) is 0 Å². The summed E-state index contributed by atoms with van der Waals surface area (Å²) in [5, 5.41) is 7.26. The van der Waals surface area contributed by atoms with Gasteiger partial charge < -0.3 is 10.5 Å². The van der Waals surface area contributed by atoms with Crippen LogP contribution in [0.1, 0.15) is 29.9 Å². The fraction of sp³-hybridized carbons (Fsp3) is 0.333. The van der Waals surface area contributed by atoms with Gasteiger partial charge in [-0.15, -0.1) is 0 Å². The predicted octanol–water partition coefficient (Wildman–Crippen LogP) is 2.12. The molecule has 1 atom stereocenters. The van der Waals surface area contributed by atoms with E-state index in [2.05, 4.69) is 14.9 Å². The number of aryl methyl sites for hydroxylation is 1. The first kappa shape index (κ1) is 12.5. The summed E-state index contributed by atoms with van der Waals surface area (Å²) in [7, 11) is 0. The van der Waals surface area contributed by atoms with Gasteiger partial charge in [0, 0.05) is 6.04 Å². The van der Waals surface area contributed by atoms with Crippen LogP contribution in [0, 0.1) is 12.7 Å². The molecule has 0 spiro atoms. The van der Waals surface area contributed by atoms with Gasteiger partial charge in [-0.3, -0.25) is 0 Å². The molecule has 18 heavy (non-hydrogen) atoms. The van der Waals surface area contributed by atoms with Gasteiger partial charge in [-0.05, 0) is 31.5 Å². The highest BCUT2D eigenvalue weighted by molar-refractivity contribution is 5.30. The summed E-state index contributed by atoms with van der Waals surface area (Å²) >= 11 is 0. The molecular formula is C12H14FN3O2. The Morgan fingerprint density at radius 2 is 2.22 bits per heavy atom. The largest absolute Gasteiger partial charge is 0.484 e. The summed E-state index contributed by atoms with van der Waals surface area (Å²) < 4.78 is 23.5. The number of hydrogen-bond donors (Lipinski definition) is 1. The van der Waals surface area contributed by atoms with Gasteiger partial charge in [0.15, 0.2) is 11.6 Å². The second kappa shape index (κ2) is 5.14. The molecule has 2 rings (SSSR count). The molecule has 1 heterocycles. The van der Waals surface area contributed by atoms with E-state index in [1.54, 1.807) is 26.0 Å². The van der Waals surface area contributed by atoms with Gasteiger partial charge in [-0.2, -0.15) is 0 Å². The molecule has 96 valence electrons. The number of rotatable bonds is 4. The second-order valence-corrected chi connectivity index (χ2v) is 4.06. The molecular weight excluding hydrogens is 237 g/mol. The third-order valence-electron chi connectivity index (χ3n) is 2.59. The maximum Gasteiger partial charge on any atom is 0.165 e. The molecule has 0 aliphatic rings. The van der Waals surface area contributed by atoms with Crippen LogP contribution in [0.4, 0.5) is 4.39 Å². The van der Waals surface area contributed by atoms with E-state index in [1.807, 2.05) is 0 Å². The highest BCUT2D eigenvalue weighted by atomic mass is 19.1. The summed E-state index contributed by atoms with van der Waals surface area (Å²) in [6.45, 7) is 3.65. The lowest BCUT2D eigenvalue weighted by molar-refractivity contribution is 0.262. The van der Waals surface area contributed by atoms with Crippen molar-refractivity contribution in [2.75, 3.05) is 0 Å². The number of ether oxygens (including phenoxy) is 1. The molecule has 1 aromatic carbocycles. The van der Waals surface area contributed by atoms with Gasteiger partial charge in [-0.25, -0.2) is 9.02 Å². The second-order valence-electron chi connectivity index (χ2n) is 4.06. The average molecular weight is 251 g/mol. The number of nitrogens with two attached hydrogens (primary N) is 1. The molecule has 5 nitrogen and oxygen atoms in total. The van der Waals surface area contributed by atoms with Crippen molar-refractivity contribution in [3.63, 3.8) is 0 Å². The van der Waals surface area contributed by atoms with Gasteiger partial charge in [0.05, 0.1) is 0 Å². The summed E-state index contributed by atoms with van der Waals surface area (Å²) in [4.78, 5) is 0. The van der Waals surface area contributed by atoms with Crippen LogP contribution < -0.4 is 10.5 Å². The number of aromatic nitrogens is 2. The molecule has 1 aromatic heterocycles. The monoisotopic (exact) mass is 251 g/mol. The van der Waals surface area contributed by atoms with Crippen molar-refractivity contribution in [1.82, 2.24) is 10.3 Å². The molecule has 0 fully saturated rings. The van der Waals surface area contributed by atoms with Crippen LogP contribution >= 0.6 is 0 Å². The van der Waals surface area contributed by atoms with Gasteiger partial charge >= 0.3 is 0 Å².